The van der Waals surface area contributed by atoms with Crippen LogP contribution in [-0.2, 0) is 30.7 Å². The number of aromatic nitrogens is 5. The molecular weight excluding hydrogens is 1080 g/mol. The summed E-state index contributed by atoms with van der Waals surface area (Å²) in [5.74, 6) is -0.0857. The molecule has 7 rings (SSSR count). The van der Waals surface area contributed by atoms with Gasteiger partial charge in [-0.15, -0.1) is 0 Å². The highest BCUT2D eigenvalue weighted by atomic mass is 35.5. The molecule has 72 heavy (non-hydrogen) atoms. The van der Waals surface area contributed by atoms with Crippen LogP contribution in [0.2, 0.25) is 25.1 Å². The van der Waals surface area contributed by atoms with Crippen molar-refractivity contribution in [2.45, 2.75) is 63.8 Å². The third-order valence-corrected chi connectivity index (χ3v) is 11.5. The van der Waals surface area contributed by atoms with E-state index in [1.165, 1.54) is 51.0 Å². The summed E-state index contributed by atoms with van der Waals surface area (Å²) in [4.78, 5) is 49.7. The SMILES string of the molecule is CON(C(=O)c1cn(C)nc1C(F)F)C(C)Cc1c(Cl)cc(Cl)cc1Cl.Cc1cc(C2CC2)nc(Nc2ccccc2)n1.O=[N+]([O-])c1cc(C(F)(F)F)c(Cl)c([N+](=O)[O-])c1Nc1ncc(C(F)(F)F)cc1Cl. The smallest absolute Gasteiger partial charge is 0.328 e. The van der Waals surface area contributed by atoms with E-state index >= 15 is 0 Å². The molecule has 1 fully saturated rings. The van der Waals surface area contributed by atoms with E-state index in [1.807, 2.05) is 42.6 Å². The van der Waals surface area contributed by atoms with Gasteiger partial charge in [0, 0.05) is 63.6 Å². The van der Waals surface area contributed by atoms with E-state index in [-0.39, 0.29) is 24.2 Å². The molecule has 29 heteroatoms. The molecule has 384 valence electrons. The lowest BCUT2D eigenvalue weighted by Crippen LogP contribution is -2.39. The van der Waals surface area contributed by atoms with Gasteiger partial charge in [0.1, 0.15) is 16.5 Å². The maximum Gasteiger partial charge on any atom is 0.418 e. The molecule has 0 radical (unpaired) electrons. The standard InChI is InChI=1S/C16H16Cl3F2N3O2.C14H15N3.C13H4Cl2F6N4O4/c1-8(4-10-12(18)5-9(17)6-13(10)19)24(26-3)16(25)11-7-23(2)22-14(11)15(20)21;1-10-9-13(11-7-8-11)17-14(15-10)16-12-5-3-2-4-6-12;14-6-1-4(12(16,17)18)3-22-11(6)23-9-7(24(26)27)2-5(13(19,20)21)8(15)10(9)25(28)29/h5-8,15H,4H2,1-3H3;2-6,9,11H,7-8H2,1H3,(H,15,16,17);1-3H,(H,22,23). The van der Waals surface area contributed by atoms with Gasteiger partial charge >= 0.3 is 23.7 Å². The Morgan fingerprint density at radius 2 is 1.53 bits per heavy atom. The molecule has 0 aliphatic heterocycles. The maximum atomic E-state index is 13.1. The van der Waals surface area contributed by atoms with Gasteiger partial charge < -0.3 is 10.6 Å². The first kappa shape index (κ1) is 56.7. The van der Waals surface area contributed by atoms with Crippen LogP contribution in [0.5, 0.6) is 0 Å². The van der Waals surface area contributed by atoms with Gasteiger partial charge in [0.15, 0.2) is 5.69 Å². The summed E-state index contributed by atoms with van der Waals surface area (Å²) in [6.07, 6.45) is -8.74. The minimum Gasteiger partial charge on any atom is -0.328 e. The molecule has 0 saturated heterocycles. The molecule has 0 spiro atoms. The van der Waals surface area contributed by atoms with E-state index in [1.54, 1.807) is 6.92 Å². The number of pyridine rings is 1. The number of anilines is 4. The van der Waals surface area contributed by atoms with Crippen LogP contribution in [-0.4, -0.2) is 58.7 Å². The van der Waals surface area contributed by atoms with Gasteiger partial charge in [-0.1, -0.05) is 76.2 Å². The van der Waals surface area contributed by atoms with Gasteiger partial charge in [0.05, 0.1) is 44.7 Å². The van der Waals surface area contributed by atoms with Crippen LogP contribution in [0.15, 0.2) is 73.1 Å². The molecule has 1 unspecified atom stereocenters. The monoisotopic (exact) mass is 1110 g/mol. The van der Waals surface area contributed by atoms with E-state index in [0.29, 0.717) is 38.6 Å². The number of halogens is 13. The molecule has 3 aromatic carbocycles. The number of nitrogens with one attached hydrogen (secondary N) is 2. The van der Waals surface area contributed by atoms with Gasteiger partial charge in [-0.05, 0) is 75.1 Å². The fourth-order valence-corrected chi connectivity index (χ4v) is 8.04. The van der Waals surface area contributed by atoms with E-state index < -0.39 is 90.3 Å². The van der Waals surface area contributed by atoms with Crippen molar-refractivity contribution >= 4 is 98.4 Å². The number of nitrogens with zero attached hydrogens (tertiary/aromatic N) is 8. The summed E-state index contributed by atoms with van der Waals surface area (Å²) in [6.45, 7) is 3.70. The molecule has 1 amide bonds. The number of amides is 1. The number of alkyl halides is 8. The van der Waals surface area contributed by atoms with Crippen LogP contribution in [0, 0.1) is 27.2 Å². The zero-order valence-electron chi connectivity index (χ0n) is 37.2. The Hall–Kier alpha value is -6.18. The third-order valence-electron chi connectivity index (χ3n) is 9.91. The Bertz CT molecular complexity index is 2950. The molecule has 3 aromatic heterocycles. The van der Waals surface area contributed by atoms with E-state index in [4.69, 9.17) is 62.8 Å². The van der Waals surface area contributed by atoms with E-state index in [9.17, 15) is 60.1 Å². The average Bonchev–Trinajstić information content (AvgIpc) is 4.05. The van der Waals surface area contributed by atoms with Crippen LogP contribution in [0.1, 0.15) is 76.2 Å². The highest BCUT2D eigenvalue weighted by Crippen LogP contribution is 2.49. The molecular formula is C43H35Cl5F8N10O6. The molecule has 0 bridgehead atoms. The quantitative estimate of drug-likeness (QED) is 0.0632. The topological polar surface area (TPSA) is 196 Å². The van der Waals surface area contributed by atoms with Crippen LogP contribution in [0.25, 0.3) is 0 Å². The lowest BCUT2D eigenvalue weighted by atomic mass is 10.1. The van der Waals surface area contributed by atoms with Crippen molar-refractivity contribution < 1.29 is 54.6 Å². The van der Waals surface area contributed by atoms with Gasteiger partial charge in [0.2, 0.25) is 5.95 Å². The Balaban J connectivity index is 0.000000206. The van der Waals surface area contributed by atoms with Crippen molar-refractivity contribution in [3.05, 3.63) is 158 Å². The summed E-state index contributed by atoms with van der Waals surface area (Å²) in [5, 5.41) is 31.0. The van der Waals surface area contributed by atoms with Gasteiger partial charge in [-0.3, -0.25) is 34.5 Å². The summed E-state index contributed by atoms with van der Waals surface area (Å²) < 4.78 is 104. The zero-order valence-corrected chi connectivity index (χ0v) is 41.0. The normalized spacial score (nSPS) is 12.8. The van der Waals surface area contributed by atoms with Crippen LogP contribution < -0.4 is 10.6 Å². The predicted octanol–water partition coefficient (Wildman–Crippen LogP) is 14.3. The second kappa shape index (κ2) is 23.6. The predicted molar refractivity (Wildman–Crippen MR) is 252 cm³/mol. The number of carbonyl (C=O) groups excluding carboxylic acids is 1. The summed E-state index contributed by atoms with van der Waals surface area (Å²) in [7, 11) is 2.73. The summed E-state index contributed by atoms with van der Waals surface area (Å²) >= 11 is 29.3. The Kier molecular flexibility index (Phi) is 18.6. The molecule has 1 aliphatic rings. The van der Waals surface area contributed by atoms with Crippen molar-refractivity contribution in [3.63, 3.8) is 0 Å². The van der Waals surface area contributed by atoms with Crippen LogP contribution in [0.4, 0.5) is 69.6 Å². The first-order chi connectivity index (χ1) is 33.6. The Labute approximate surface area is 427 Å². The molecule has 6 aromatic rings. The van der Waals surface area contributed by atoms with Crippen molar-refractivity contribution in [1.29, 1.82) is 0 Å². The van der Waals surface area contributed by atoms with Crippen LogP contribution in [0.3, 0.4) is 0 Å². The number of benzene rings is 3. The number of hydrogen-bond acceptors (Lipinski definition) is 12. The molecule has 16 nitrogen and oxygen atoms in total. The number of nitro groups is 2. The average molecular weight is 1120 g/mol. The van der Waals surface area contributed by atoms with Gasteiger partial charge in [-0.2, -0.15) is 31.4 Å². The van der Waals surface area contributed by atoms with E-state index in [0.717, 1.165) is 21.1 Å². The number of aryl methyl sites for hydroxylation is 2. The fraction of sp³-hybridized carbons (Fsp3) is 0.279. The number of hydroxylamine groups is 2. The number of rotatable bonds is 13. The maximum absolute atomic E-state index is 13.1. The molecule has 1 atom stereocenters. The Morgan fingerprint density at radius 3 is 2.04 bits per heavy atom. The van der Waals surface area contributed by atoms with Gasteiger partial charge in [0.25, 0.3) is 12.3 Å². The lowest BCUT2D eigenvalue weighted by molar-refractivity contribution is -0.392. The minimum absolute atomic E-state index is 0.0599. The van der Waals surface area contributed by atoms with Crippen molar-refractivity contribution in [1.82, 2.24) is 29.8 Å². The lowest BCUT2D eigenvalue weighted by Gasteiger charge is -2.27. The highest BCUT2D eigenvalue weighted by Gasteiger charge is 2.43. The number of para-hydroxylation sites is 1. The first-order valence-corrected chi connectivity index (χ1v) is 22.2. The highest BCUT2D eigenvalue weighted by molar-refractivity contribution is 6.39. The summed E-state index contributed by atoms with van der Waals surface area (Å²) in [5.41, 5.74) is -4.29. The fourth-order valence-electron chi connectivity index (χ4n) is 6.53. The number of nitro benzene ring substituents is 2. The minimum atomic E-state index is -5.27. The number of hydrogen-bond donors (Lipinski definition) is 2. The number of carbonyl (C=O) groups is 1. The molecule has 1 saturated carbocycles. The largest absolute Gasteiger partial charge is 0.418 e. The summed E-state index contributed by atoms with van der Waals surface area (Å²) in [6, 6.07) is 14.9. The second-order valence-corrected chi connectivity index (χ2v) is 17.3. The molecule has 1 aliphatic carbocycles. The van der Waals surface area contributed by atoms with Crippen molar-refractivity contribution in [2.24, 2.45) is 7.05 Å². The second-order valence-electron chi connectivity index (χ2n) is 15.3. The van der Waals surface area contributed by atoms with Crippen LogP contribution >= 0.6 is 58.0 Å². The van der Waals surface area contributed by atoms with Crippen molar-refractivity contribution in [2.75, 3.05) is 17.7 Å². The zero-order chi connectivity index (χ0) is 53.6. The molecule has 3 heterocycles. The van der Waals surface area contributed by atoms with E-state index in [2.05, 4.69) is 31.4 Å². The van der Waals surface area contributed by atoms with Gasteiger partial charge in [-0.25, -0.2) is 28.8 Å². The first-order valence-electron chi connectivity index (χ1n) is 20.3. The Morgan fingerprint density at radius 1 is 0.903 bits per heavy atom. The third kappa shape index (κ3) is 14.5. The molecule has 2 N–H and O–H groups in total. The van der Waals surface area contributed by atoms with Crippen molar-refractivity contribution in [3.8, 4) is 0 Å².